The second kappa shape index (κ2) is 5.92. The van der Waals surface area contributed by atoms with Gasteiger partial charge >= 0.3 is 5.97 Å². The fourth-order valence-electron chi connectivity index (χ4n) is 1.55. The SMILES string of the molecule is Cc1ccc(C(=O)O)c[n+]1CCCCS(=O)(=O)O. The van der Waals surface area contributed by atoms with E-state index in [1.807, 2.05) is 6.92 Å². The van der Waals surface area contributed by atoms with E-state index in [0.717, 1.165) is 5.69 Å². The van der Waals surface area contributed by atoms with E-state index in [9.17, 15) is 13.2 Å². The zero-order chi connectivity index (χ0) is 13.8. The van der Waals surface area contributed by atoms with E-state index in [-0.39, 0.29) is 11.3 Å². The summed E-state index contributed by atoms with van der Waals surface area (Å²) >= 11 is 0. The Bertz CT molecular complexity index is 538. The number of rotatable bonds is 6. The maximum Gasteiger partial charge on any atom is 0.341 e. The minimum absolute atomic E-state index is 0.190. The Labute approximate surface area is 106 Å². The summed E-state index contributed by atoms with van der Waals surface area (Å²) in [5.41, 5.74) is 1.09. The zero-order valence-electron chi connectivity index (χ0n) is 10.0. The largest absolute Gasteiger partial charge is 0.477 e. The van der Waals surface area contributed by atoms with Crippen molar-refractivity contribution in [2.75, 3.05) is 5.75 Å². The lowest BCUT2D eigenvalue weighted by Crippen LogP contribution is -2.37. The fourth-order valence-corrected chi connectivity index (χ4v) is 2.12. The number of aryl methyl sites for hydroxylation is 2. The molecule has 0 aliphatic rings. The number of carbonyl (C=O) groups is 1. The molecule has 0 atom stereocenters. The maximum atomic E-state index is 10.8. The maximum absolute atomic E-state index is 10.8. The molecule has 7 heteroatoms. The smallest absolute Gasteiger partial charge is 0.341 e. The summed E-state index contributed by atoms with van der Waals surface area (Å²) in [6.45, 7) is 2.36. The standard InChI is InChI=1S/C11H15NO5S/c1-9-4-5-10(11(13)14)8-12(9)6-2-3-7-18(15,16)17/h4-5,8H,2-3,6-7H2,1H3,(H-,13,14,15,16,17)/p+1. The number of aromatic nitrogens is 1. The van der Waals surface area contributed by atoms with Gasteiger partial charge in [-0.1, -0.05) is 0 Å². The molecule has 18 heavy (non-hydrogen) atoms. The molecule has 1 rings (SSSR count). The van der Waals surface area contributed by atoms with Gasteiger partial charge in [-0.05, 0) is 12.5 Å². The molecule has 0 bridgehead atoms. The summed E-state index contributed by atoms with van der Waals surface area (Å²) in [7, 11) is -3.91. The highest BCUT2D eigenvalue weighted by Gasteiger charge is 2.12. The van der Waals surface area contributed by atoms with Gasteiger partial charge in [0.05, 0.1) is 5.75 Å². The van der Waals surface area contributed by atoms with E-state index in [1.54, 1.807) is 10.6 Å². The Morgan fingerprint density at radius 2 is 2.00 bits per heavy atom. The van der Waals surface area contributed by atoms with Crippen molar-refractivity contribution in [2.45, 2.75) is 26.3 Å². The third-order valence-electron chi connectivity index (χ3n) is 2.55. The summed E-state index contributed by atoms with van der Waals surface area (Å²) in [6.07, 6.45) is 2.40. The number of carboxylic acid groups (broad SMARTS) is 1. The molecular formula is C11H16NO5S+. The molecule has 0 saturated heterocycles. The molecule has 0 radical (unpaired) electrons. The average molecular weight is 274 g/mol. The molecular weight excluding hydrogens is 258 g/mol. The summed E-state index contributed by atoms with van der Waals surface area (Å²) in [4.78, 5) is 10.8. The molecule has 0 unspecified atom stereocenters. The molecule has 6 nitrogen and oxygen atoms in total. The van der Waals surface area contributed by atoms with Crippen LogP contribution in [0.15, 0.2) is 18.3 Å². The van der Waals surface area contributed by atoms with E-state index >= 15 is 0 Å². The van der Waals surface area contributed by atoms with Crippen LogP contribution in [0, 0.1) is 6.92 Å². The van der Waals surface area contributed by atoms with Crippen molar-refractivity contribution >= 4 is 16.1 Å². The van der Waals surface area contributed by atoms with Gasteiger partial charge in [0, 0.05) is 19.4 Å². The van der Waals surface area contributed by atoms with E-state index in [4.69, 9.17) is 9.66 Å². The van der Waals surface area contributed by atoms with Crippen LogP contribution in [0.5, 0.6) is 0 Å². The van der Waals surface area contributed by atoms with Crippen molar-refractivity contribution in [3.8, 4) is 0 Å². The molecule has 1 aromatic heterocycles. The van der Waals surface area contributed by atoms with Crippen LogP contribution in [0.1, 0.15) is 28.9 Å². The van der Waals surface area contributed by atoms with E-state index in [2.05, 4.69) is 0 Å². The monoisotopic (exact) mass is 274 g/mol. The van der Waals surface area contributed by atoms with E-state index in [1.165, 1.54) is 12.3 Å². The van der Waals surface area contributed by atoms with Crippen molar-refractivity contribution < 1.29 is 27.4 Å². The van der Waals surface area contributed by atoms with Gasteiger partial charge in [0.25, 0.3) is 10.1 Å². The predicted octanol–water partition coefficient (Wildman–Crippen LogP) is 0.649. The summed E-state index contributed by atoms with van der Waals surface area (Å²) in [5.74, 6) is -1.27. The van der Waals surface area contributed by atoms with Crippen LogP contribution in [-0.2, 0) is 16.7 Å². The van der Waals surface area contributed by atoms with E-state index in [0.29, 0.717) is 19.4 Å². The van der Waals surface area contributed by atoms with Crippen molar-refractivity contribution in [1.29, 1.82) is 0 Å². The first-order valence-electron chi connectivity index (χ1n) is 5.48. The first kappa shape index (κ1) is 14.6. The Morgan fingerprint density at radius 3 is 2.56 bits per heavy atom. The lowest BCUT2D eigenvalue weighted by molar-refractivity contribution is -0.703. The Morgan fingerprint density at radius 1 is 1.33 bits per heavy atom. The average Bonchev–Trinajstić information content (AvgIpc) is 2.24. The molecule has 0 aliphatic heterocycles. The van der Waals surface area contributed by atoms with Crippen LogP contribution >= 0.6 is 0 Å². The first-order valence-corrected chi connectivity index (χ1v) is 7.09. The molecule has 0 aromatic carbocycles. The number of pyridine rings is 1. The summed E-state index contributed by atoms with van der Waals surface area (Å²) in [5, 5.41) is 8.85. The van der Waals surface area contributed by atoms with Crippen LogP contribution in [0.3, 0.4) is 0 Å². The third-order valence-corrected chi connectivity index (χ3v) is 3.35. The number of unbranched alkanes of at least 4 members (excludes halogenated alkanes) is 1. The van der Waals surface area contributed by atoms with Crippen molar-refractivity contribution in [3.63, 3.8) is 0 Å². The fraction of sp³-hybridized carbons (Fsp3) is 0.455. The molecule has 1 heterocycles. The highest BCUT2D eigenvalue weighted by atomic mass is 32.2. The molecule has 0 fully saturated rings. The number of carboxylic acids is 1. The number of hydrogen-bond acceptors (Lipinski definition) is 3. The van der Waals surface area contributed by atoms with Crippen molar-refractivity contribution in [3.05, 3.63) is 29.6 Å². The van der Waals surface area contributed by atoms with Crippen LogP contribution in [-0.4, -0.2) is 29.8 Å². The molecule has 0 aliphatic carbocycles. The lowest BCUT2D eigenvalue weighted by Gasteiger charge is -2.01. The van der Waals surface area contributed by atoms with Gasteiger partial charge in [-0.3, -0.25) is 4.55 Å². The van der Waals surface area contributed by atoms with Crippen molar-refractivity contribution in [1.82, 2.24) is 0 Å². The minimum Gasteiger partial charge on any atom is -0.477 e. The molecule has 0 saturated carbocycles. The van der Waals surface area contributed by atoms with Crippen LogP contribution in [0.4, 0.5) is 0 Å². The first-order chi connectivity index (χ1) is 8.29. The highest BCUT2D eigenvalue weighted by molar-refractivity contribution is 7.85. The van der Waals surface area contributed by atoms with Crippen molar-refractivity contribution in [2.24, 2.45) is 0 Å². The predicted molar refractivity (Wildman–Crippen MR) is 64.0 cm³/mol. The molecule has 0 amide bonds. The quantitative estimate of drug-likeness (QED) is 0.451. The second-order valence-electron chi connectivity index (χ2n) is 4.05. The van der Waals surface area contributed by atoms with Gasteiger partial charge in [0.1, 0.15) is 12.1 Å². The van der Waals surface area contributed by atoms with Crippen LogP contribution in [0.25, 0.3) is 0 Å². The Hall–Kier alpha value is -1.47. The second-order valence-corrected chi connectivity index (χ2v) is 5.62. The molecule has 100 valence electrons. The van der Waals surface area contributed by atoms with Crippen LogP contribution in [0.2, 0.25) is 0 Å². The lowest BCUT2D eigenvalue weighted by atomic mass is 10.2. The topological polar surface area (TPSA) is 95.5 Å². The molecule has 0 spiro atoms. The highest BCUT2D eigenvalue weighted by Crippen LogP contribution is 2.00. The Kier molecular flexibility index (Phi) is 4.80. The number of nitrogens with zero attached hydrogens (tertiary/aromatic N) is 1. The van der Waals surface area contributed by atoms with Crippen LogP contribution < -0.4 is 4.57 Å². The number of aromatic carboxylic acids is 1. The van der Waals surface area contributed by atoms with Gasteiger partial charge < -0.3 is 5.11 Å². The normalized spacial score (nSPS) is 11.4. The Balaban J connectivity index is 2.61. The van der Waals surface area contributed by atoms with E-state index < -0.39 is 16.1 Å². The summed E-state index contributed by atoms with van der Waals surface area (Å²) < 4.78 is 31.4. The van der Waals surface area contributed by atoms with Gasteiger partial charge in [-0.15, -0.1) is 0 Å². The van der Waals surface area contributed by atoms with Gasteiger partial charge in [0.15, 0.2) is 11.9 Å². The van der Waals surface area contributed by atoms with Gasteiger partial charge in [-0.25, -0.2) is 9.36 Å². The zero-order valence-corrected chi connectivity index (χ0v) is 10.9. The third kappa shape index (κ3) is 4.80. The number of hydrogen-bond donors (Lipinski definition) is 2. The molecule has 1 aromatic rings. The van der Waals surface area contributed by atoms with Gasteiger partial charge in [0.2, 0.25) is 0 Å². The van der Waals surface area contributed by atoms with Gasteiger partial charge in [-0.2, -0.15) is 8.42 Å². The minimum atomic E-state index is -3.91. The summed E-state index contributed by atoms with van der Waals surface area (Å²) in [6, 6.07) is 3.22. The molecule has 2 N–H and O–H groups in total.